The molecule has 1 aliphatic carbocycles. The van der Waals surface area contributed by atoms with Gasteiger partial charge in [-0.15, -0.1) is 11.3 Å². The molecule has 0 atom stereocenters. The summed E-state index contributed by atoms with van der Waals surface area (Å²) >= 11 is 1.81. The van der Waals surface area contributed by atoms with Crippen LogP contribution in [0.3, 0.4) is 0 Å². The Morgan fingerprint density at radius 1 is 1.32 bits per heavy atom. The molecular weight excluding hydrogens is 254 g/mol. The fourth-order valence-corrected chi connectivity index (χ4v) is 3.81. The molecule has 0 radical (unpaired) electrons. The van der Waals surface area contributed by atoms with Crippen LogP contribution in [0.15, 0.2) is 5.38 Å². The Bertz CT molecular complexity index is 358. The standard InChI is InChI=1S/C15H27N3S/c1-3-10-16-11-13-12-19-15(17-13)18(4-2)14-8-6-5-7-9-14/h12,14,16H,3-11H2,1-2H3. The molecule has 0 spiro atoms. The van der Waals surface area contributed by atoms with Gasteiger partial charge in [0, 0.05) is 24.5 Å². The van der Waals surface area contributed by atoms with Gasteiger partial charge in [-0.3, -0.25) is 0 Å². The van der Waals surface area contributed by atoms with E-state index >= 15 is 0 Å². The second kappa shape index (κ2) is 7.85. The van der Waals surface area contributed by atoms with E-state index in [9.17, 15) is 0 Å². The van der Waals surface area contributed by atoms with Crippen LogP contribution in [0.4, 0.5) is 5.13 Å². The first-order valence-electron chi connectivity index (χ1n) is 7.77. The number of nitrogens with one attached hydrogen (secondary N) is 1. The fourth-order valence-electron chi connectivity index (χ4n) is 2.84. The molecule has 19 heavy (non-hydrogen) atoms. The van der Waals surface area contributed by atoms with Crippen LogP contribution in [0.1, 0.15) is 58.1 Å². The lowest BCUT2D eigenvalue weighted by molar-refractivity contribution is 0.417. The quantitative estimate of drug-likeness (QED) is 0.771. The van der Waals surface area contributed by atoms with Gasteiger partial charge in [0.05, 0.1) is 5.69 Å². The number of rotatable bonds is 7. The van der Waals surface area contributed by atoms with Crippen molar-refractivity contribution in [3.63, 3.8) is 0 Å². The highest BCUT2D eigenvalue weighted by Gasteiger charge is 2.22. The van der Waals surface area contributed by atoms with Gasteiger partial charge in [0.25, 0.3) is 0 Å². The predicted octanol–water partition coefficient (Wildman–Crippen LogP) is 3.80. The Labute approximate surface area is 121 Å². The van der Waals surface area contributed by atoms with E-state index in [0.717, 1.165) is 25.7 Å². The summed E-state index contributed by atoms with van der Waals surface area (Å²) in [6.45, 7) is 7.52. The van der Waals surface area contributed by atoms with E-state index < -0.39 is 0 Å². The summed E-state index contributed by atoms with van der Waals surface area (Å²) in [4.78, 5) is 7.33. The maximum atomic E-state index is 4.81. The zero-order valence-electron chi connectivity index (χ0n) is 12.3. The molecule has 3 nitrogen and oxygen atoms in total. The van der Waals surface area contributed by atoms with Crippen molar-refractivity contribution in [3.8, 4) is 0 Å². The van der Waals surface area contributed by atoms with E-state index in [0.29, 0.717) is 0 Å². The molecule has 1 fully saturated rings. The summed E-state index contributed by atoms with van der Waals surface area (Å²) < 4.78 is 0. The topological polar surface area (TPSA) is 28.2 Å². The number of hydrogen-bond donors (Lipinski definition) is 1. The van der Waals surface area contributed by atoms with Crippen LogP contribution >= 0.6 is 11.3 Å². The molecule has 1 aliphatic rings. The average Bonchev–Trinajstić information content (AvgIpc) is 2.90. The normalized spacial score (nSPS) is 16.7. The van der Waals surface area contributed by atoms with Crippen molar-refractivity contribution in [1.82, 2.24) is 10.3 Å². The number of thiazole rings is 1. The SMILES string of the molecule is CCCNCc1csc(N(CC)C2CCCCC2)n1. The lowest BCUT2D eigenvalue weighted by atomic mass is 9.94. The molecule has 108 valence electrons. The van der Waals surface area contributed by atoms with E-state index in [1.165, 1.54) is 49.4 Å². The second-order valence-corrected chi connectivity index (χ2v) is 6.21. The van der Waals surface area contributed by atoms with Crippen molar-refractivity contribution in [2.24, 2.45) is 0 Å². The molecule has 0 amide bonds. The Morgan fingerprint density at radius 3 is 2.79 bits per heavy atom. The highest BCUT2D eigenvalue weighted by atomic mass is 32.1. The van der Waals surface area contributed by atoms with E-state index in [2.05, 4.69) is 29.4 Å². The molecule has 1 aromatic rings. The van der Waals surface area contributed by atoms with Crippen LogP contribution < -0.4 is 10.2 Å². The monoisotopic (exact) mass is 281 g/mol. The third-order valence-electron chi connectivity index (χ3n) is 3.87. The minimum Gasteiger partial charge on any atom is -0.345 e. The molecule has 2 rings (SSSR count). The molecule has 0 aromatic carbocycles. The smallest absolute Gasteiger partial charge is 0.185 e. The number of hydrogen-bond acceptors (Lipinski definition) is 4. The molecule has 1 aromatic heterocycles. The maximum Gasteiger partial charge on any atom is 0.185 e. The highest BCUT2D eigenvalue weighted by molar-refractivity contribution is 7.13. The van der Waals surface area contributed by atoms with E-state index in [1.807, 2.05) is 11.3 Å². The number of aromatic nitrogens is 1. The van der Waals surface area contributed by atoms with Gasteiger partial charge in [-0.05, 0) is 32.7 Å². The van der Waals surface area contributed by atoms with E-state index in [4.69, 9.17) is 4.98 Å². The highest BCUT2D eigenvalue weighted by Crippen LogP contribution is 2.29. The minimum atomic E-state index is 0.723. The van der Waals surface area contributed by atoms with Gasteiger partial charge in [0.15, 0.2) is 5.13 Å². The van der Waals surface area contributed by atoms with Gasteiger partial charge in [-0.25, -0.2) is 4.98 Å². The lowest BCUT2D eigenvalue weighted by Gasteiger charge is -2.33. The molecular formula is C15H27N3S. The van der Waals surface area contributed by atoms with Crippen molar-refractivity contribution < 1.29 is 0 Å². The van der Waals surface area contributed by atoms with Crippen LogP contribution in [-0.4, -0.2) is 24.1 Å². The first-order valence-corrected chi connectivity index (χ1v) is 8.64. The summed E-state index contributed by atoms with van der Waals surface area (Å²) in [5, 5.41) is 6.86. The summed E-state index contributed by atoms with van der Waals surface area (Å²) in [6, 6.07) is 0.723. The third kappa shape index (κ3) is 4.18. The zero-order valence-corrected chi connectivity index (χ0v) is 13.1. The van der Waals surface area contributed by atoms with Gasteiger partial charge in [0.2, 0.25) is 0 Å². The Morgan fingerprint density at radius 2 is 2.11 bits per heavy atom. The van der Waals surface area contributed by atoms with E-state index in [1.54, 1.807) is 0 Å². The van der Waals surface area contributed by atoms with Gasteiger partial charge < -0.3 is 10.2 Å². The first-order chi connectivity index (χ1) is 9.35. The zero-order chi connectivity index (χ0) is 13.5. The Hall–Kier alpha value is -0.610. The van der Waals surface area contributed by atoms with Crippen molar-refractivity contribution >= 4 is 16.5 Å². The van der Waals surface area contributed by atoms with Crippen molar-refractivity contribution in [1.29, 1.82) is 0 Å². The van der Waals surface area contributed by atoms with E-state index in [-0.39, 0.29) is 0 Å². The minimum absolute atomic E-state index is 0.723. The molecule has 4 heteroatoms. The van der Waals surface area contributed by atoms with Gasteiger partial charge >= 0.3 is 0 Å². The molecule has 0 saturated heterocycles. The first kappa shape index (κ1) is 14.8. The van der Waals surface area contributed by atoms with Crippen LogP contribution in [0.2, 0.25) is 0 Å². The van der Waals surface area contributed by atoms with Crippen molar-refractivity contribution in [3.05, 3.63) is 11.1 Å². The van der Waals surface area contributed by atoms with Gasteiger partial charge in [0.1, 0.15) is 0 Å². The lowest BCUT2D eigenvalue weighted by Crippen LogP contribution is -2.36. The molecule has 1 N–H and O–H groups in total. The van der Waals surface area contributed by atoms with Crippen LogP contribution in [0.5, 0.6) is 0 Å². The Kier molecular flexibility index (Phi) is 6.11. The molecule has 0 unspecified atom stereocenters. The van der Waals surface area contributed by atoms with Crippen LogP contribution in [0, 0.1) is 0 Å². The average molecular weight is 281 g/mol. The molecule has 1 heterocycles. The summed E-state index contributed by atoms with van der Waals surface area (Å²) in [5.74, 6) is 0. The second-order valence-electron chi connectivity index (χ2n) is 5.38. The van der Waals surface area contributed by atoms with Gasteiger partial charge in [-0.1, -0.05) is 26.2 Å². The summed E-state index contributed by atoms with van der Waals surface area (Å²) in [5.41, 5.74) is 1.20. The summed E-state index contributed by atoms with van der Waals surface area (Å²) in [6.07, 6.45) is 8.06. The number of nitrogens with zero attached hydrogens (tertiary/aromatic N) is 2. The molecule has 0 aliphatic heterocycles. The number of anilines is 1. The van der Waals surface area contributed by atoms with Crippen LogP contribution in [0.25, 0.3) is 0 Å². The van der Waals surface area contributed by atoms with Crippen molar-refractivity contribution in [2.75, 3.05) is 18.0 Å². The molecule has 1 saturated carbocycles. The van der Waals surface area contributed by atoms with Crippen molar-refractivity contribution in [2.45, 2.75) is 65.0 Å². The maximum absolute atomic E-state index is 4.81. The summed E-state index contributed by atoms with van der Waals surface area (Å²) in [7, 11) is 0. The molecule has 0 bridgehead atoms. The Balaban J connectivity index is 1.94. The third-order valence-corrected chi connectivity index (χ3v) is 4.80. The van der Waals surface area contributed by atoms with Gasteiger partial charge in [-0.2, -0.15) is 0 Å². The van der Waals surface area contributed by atoms with Crippen LogP contribution in [-0.2, 0) is 6.54 Å². The predicted molar refractivity (Wildman–Crippen MR) is 84.0 cm³/mol. The fraction of sp³-hybridized carbons (Fsp3) is 0.800. The largest absolute Gasteiger partial charge is 0.345 e.